The van der Waals surface area contributed by atoms with Gasteiger partial charge in [0.25, 0.3) is 5.69 Å². The number of carboxylic acid groups (broad SMARTS) is 1. The zero-order chi connectivity index (χ0) is 14.7. The molecule has 0 saturated heterocycles. The first-order valence-electron chi connectivity index (χ1n) is 5.73. The molecule has 0 radical (unpaired) electrons. The molecule has 0 fully saturated rings. The fourth-order valence-electron chi connectivity index (χ4n) is 1.61. The molecule has 0 aliphatic carbocycles. The number of carboxylic acids is 1. The molecule has 20 heavy (non-hydrogen) atoms. The first kappa shape index (κ1) is 13.5. The van der Waals surface area contributed by atoms with Gasteiger partial charge in [-0.15, -0.1) is 0 Å². The molecule has 2 aromatic rings. The number of nitrogens with zero attached hydrogens (tertiary/aromatic N) is 1. The van der Waals surface area contributed by atoms with Crippen molar-refractivity contribution in [1.29, 1.82) is 0 Å². The lowest BCUT2D eigenvalue weighted by atomic mass is 10.1. The second-order valence-electron chi connectivity index (χ2n) is 4.14. The van der Waals surface area contributed by atoms with E-state index in [1.165, 1.54) is 36.4 Å². The molecular formula is C14H11NO5. The Morgan fingerprint density at radius 1 is 1.20 bits per heavy atom. The molecule has 0 bridgehead atoms. The van der Waals surface area contributed by atoms with Crippen LogP contribution in [0.5, 0.6) is 11.5 Å². The number of rotatable bonds is 4. The Hall–Kier alpha value is -2.89. The van der Waals surface area contributed by atoms with Gasteiger partial charge in [-0.3, -0.25) is 10.1 Å². The SMILES string of the molecule is Cc1ccc(C(=O)O)cc1Oc1ccc([N+](=O)[O-])cc1. The van der Waals surface area contributed by atoms with Crippen LogP contribution in [-0.4, -0.2) is 16.0 Å². The topological polar surface area (TPSA) is 89.7 Å². The number of hydrogen-bond acceptors (Lipinski definition) is 4. The van der Waals surface area contributed by atoms with E-state index in [1.54, 1.807) is 13.0 Å². The lowest BCUT2D eigenvalue weighted by Gasteiger charge is -2.09. The van der Waals surface area contributed by atoms with Crippen LogP contribution in [0.3, 0.4) is 0 Å². The molecule has 6 heteroatoms. The molecule has 0 amide bonds. The van der Waals surface area contributed by atoms with Crippen LogP contribution in [0, 0.1) is 17.0 Å². The highest BCUT2D eigenvalue weighted by Gasteiger charge is 2.09. The van der Waals surface area contributed by atoms with Crippen LogP contribution in [0.15, 0.2) is 42.5 Å². The molecule has 6 nitrogen and oxygen atoms in total. The molecule has 2 rings (SSSR count). The first-order valence-corrected chi connectivity index (χ1v) is 5.73. The van der Waals surface area contributed by atoms with Gasteiger partial charge in [-0.2, -0.15) is 0 Å². The van der Waals surface area contributed by atoms with Gasteiger partial charge >= 0.3 is 5.97 Å². The van der Waals surface area contributed by atoms with Crippen LogP contribution >= 0.6 is 0 Å². The van der Waals surface area contributed by atoms with Crippen molar-refractivity contribution in [2.75, 3.05) is 0 Å². The van der Waals surface area contributed by atoms with Crippen molar-refractivity contribution >= 4 is 11.7 Å². The fraction of sp³-hybridized carbons (Fsp3) is 0.0714. The van der Waals surface area contributed by atoms with Crippen molar-refractivity contribution in [2.24, 2.45) is 0 Å². The predicted octanol–water partition coefficient (Wildman–Crippen LogP) is 3.39. The summed E-state index contributed by atoms with van der Waals surface area (Å²) >= 11 is 0. The van der Waals surface area contributed by atoms with E-state index < -0.39 is 10.9 Å². The van der Waals surface area contributed by atoms with E-state index in [9.17, 15) is 14.9 Å². The Morgan fingerprint density at radius 2 is 1.85 bits per heavy atom. The van der Waals surface area contributed by atoms with Gasteiger partial charge in [0.15, 0.2) is 0 Å². The maximum absolute atomic E-state index is 10.9. The van der Waals surface area contributed by atoms with Crippen LogP contribution in [0.4, 0.5) is 5.69 Å². The van der Waals surface area contributed by atoms with Crippen LogP contribution in [0.25, 0.3) is 0 Å². The maximum atomic E-state index is 10.9. The van der Waals surface area contributed by atoms with Crippen molar-refractivity contribution in [1.82, 2.24) is 0 Å². The summed E-state index contributed by atoms with van der Waals surface area (Å²) in [5, 5.41) is 19.5. The zero-order valence-electron chi connectivity index (χ0n) is 10.6. The number of ether oxygens (including phenoxy) is 1. The number of aryl methyl sites for hydroxylation is 1. The van der Waals surface area contributed by atoms with Crippen LogP contribution in [0.1, 0.15) is 15.9 Å². The van der Waals surface area contributed by atoms with E-state index in [2.05, 4.69) is 0 Å². The molecule has 0 atom stereocenters. The Kier molecular flexibility index (Phi) is 3.65. The Bertz CT molecular complexity index is 664. The number of aromatic carboxylic acids is 1. The minimum absolute atomic E-state index is 0.0339. The summed E-state index contributed by atoms with van der Waals surface area (Å²) in [6.45, 7) is 1.78. The molecule has 0 unspecified atom stereocenters. The van der Waals surface area contributed by atoms with Gasteiger partial charge in [-0.1, -0.05) is 6.07 Å². The molecule has 0 spiro atoms. The van der Waals surface area contributed by atoms with Crippen molar-refractivity contribution in [3.8, 4) is 11.5 Å². The van der Waals surface area contributed by atoms with Gasteiger partial charge in [0.1, 0.15) is 11.5 Å². The molecule has 0 saturated carbocycles. The van der Waals surface area contributed by atoms with Gasteiger partial charge < -0.3 is 9.84 Å². The van der Waals surface area contributed by atoms with E-state index in [0.717, 1.165) is 5.56 Å². The molecule has 0 aromatic heterocycles. The highest BCUT2D eigenvalue weighted by molar-refractivity contribution is 5.88. The Labute approximate surface area is 114 Å². The minimum atomic E-state index is -1.04. The zero-order valence-corrected chi connectivity index (χ0v) is 10.6. The van der Waals surface area contributed by atoms with Gasteiger partial charge in [-0.25, -0.2) is 4.79 Å². The molecule has 0 heterocycles. The number of nitro groups is 1. The second-order valence-corrected chi connectivity index (χ2v) is 4.14. The third-order valence-electron chi connectivity index (χ3n) is 2.71. The molecule has 1 N–H and O–H groups in total. The van der Waals surface area contributed by atoms with Crippen molar-refractivity contribution < 1.29 is 19.6 Å². The van der Waals surface area contributed by atoms with Crippen LogP contribution in [-0.2, 0) is 0 Å². The minimum Gasteiger partial charge on any atom is -0.478 e. The monoisotopic (exact) mass is 273 g/mol. The lowest BCUT2D eigenvalue weighted by molar-refractivity contribution is -0.384. The average Bonchev–Trinajstić information content (AvgIpc) is 2.41. The maximum Gasteiger partial charge on any atom is 0.335 e. The highest BCUT2D eigenvalue weighted by atomic mass is 16.6. The van der Waals surface area contributed by atoms with Crippen molar-refractivity contribution in [2.45, 2.75) is 6.92 Å². The summed E-state index contributed by atoms with van der Waals surface area (Å²) in [6, 6.07) is 10.1. The summed E-state index contributed by atoms with van der Waals surface area (Å²) in [6.07, 6.45) is 0. The van der Waals surface area contributed by atoms with Gasteiger partial charge in [-0.05, 0) is 36.8 Å². The van der Waals surface area contributed by atoms with E-state index in [0.29, 0.717) is 11.5 Å². The van der Waals surface area contributed by atoms with E-state index in [1.807, 2.05) is 0 Å². The summed E-state index contributed by atoms with van der Waals surface area (Å²) in [5.41, 5.74) is 0.856. The van der Waals surface area contributed by atoms with Crippen molar-refractivity contribution in [3.05, 3.63) is 63.7 Å². The van der Waals surface area contributed by atoms with Gasteiger partial charge in [0.05, 0.1) is 10.5 Å². The van der Waals surface area contributed by atoms with Crippen LogP contribution < -0.4 is 4.74 Å². The number of hydrogen-bond donors (Lipinski definition) is 1. The lowest BCUT2D eigenvalue weighted by Crippen LogP contribution is -1.97. The Morgan fingerprint density at radius 3 is 2.40 bits per heavy atom. The fourth-order valence-corrected chi connectivity index (χ4v) is 1.61. The molecule has 0 aliphatic heterocycles. The number of nitro benzene ring substituents is 1. The van der Waals surface area contributed by atoms with Crippen LogP contribution in [0.2, 0.25) is 0 Å². The first-order chi connectivity index (χ1) is 9.47. The van der Waals surface area contributed by atoms with Crippen molar-refractivity contribution in [3.63, 3.8) is 0 Å². The molecular weight excluding hydrogens is 262 g/mol. The summed E-state index contributed by atoms with van der Waals surface area (Å²) in [4.78, 5) is 20.9. The molecule has 2 aromatic carbocycles. The smallest absolute Gasteiger partial charge is 0.335 e. The van der Waals surface area contributed by atoms with Gasteiger partial charge in [0.2, 0.25) is 0 Å². The van der Waals surface area contributed by atoms with E-state index in [4.69, 9.17) is 9.84 Å². The summed E-state index contributed by atoms with van der Waals surface area (Å²) in [5.74, 6) is -0.237. The quantitative estimate of drug-likeness (QED) is 0.681. The van der Waals surface area contributed by atoms with E-state index in [-0.39, 0.29) is 11.3 Å². The highest BCUT2D eigenvalue weighted by Crippen LogP contribution is 2.27. The number of carbonyl (C=O) groups is 1. The summed E-state index contributed by atoms with van der Waals surface area (Å²) < 4.78 is 5.55. The normalized spacial score (nSPS) is 10.1. The average molecular weight is 273 g/mol. The number of benzene rings is 2. The Balaban J connectivity index is 2.27. The van der Waals surface area contributed by atoms with E-state index >= 15 is 0 Å². The number of non-ortho nitro benzene ring substituents is 1. The molecule has 102 valence electrons. The standard InChI is InChI=1S/C14H11NO5/c1-9-2-3-10(14(16)17)8-13(9)20-12-6-4-11(5-7-12)15(18)19/h2-8H,1H3,(H,16,17). The molecule has 0 aliphatic rings. The van der Waals surface area contributed by atoms with Gasteiger partial charge in [0, 0.05) is 12.1 Å². The third-order valence-corrected chi connectivity index (χ3v) is 2.71. The predicted molar refractivity (Wildman–Crippen MR) is 71.3 cm³/mol. The summed E-state index contributed by atoms with van der Waals surface area (Å²) in [7, 11) is 0. The second kappa shape index (κ2) is 5.40. The largest absolute Gasteiger partial charge is 0.478 e. The third kappa shape index (κ3) is 2.92.